The first-order chi connectivity index (χ1) is 4.34. The maximum atomic E-state index is 10.7. The van der Waals surface area contributed by atoms with Crippen LogP contribution >= 0.6 is 0 Å². The van der Waals surface area contributed by atoms with Gasteiger partial charge in [-0.25, -0.2) is 8.42 Å². The van der Waals surface area contributed by atoms with Crippen LogP contribution in [0.5, 0.6) is 0 Å². The Labute approximate surface area is 62.5 Å². The zero-order valence-corrected chi connectivity index (χ0v) is 7.48. The van der Waals surface area contributed by atoms with Crippen LogP contribution in [0.15, 0.2) is 0 Å². The van der Waals surface area contributed by atoms with Crippen LogP contribution in [-0.4, -0.2) is 20.0 Å². The fourth-order valence-electron chi connectivity index (χ4n) is 0.639. The van der Waals surface area contributed by atoms with Gasteiger partial charge in [0.2, 0.25) is 0 Å². The van der Waals surface area contributed by atoms with Gasteiger partial charge >= 0.3 is 0 Å². The molecule has 0 aromatic heterocycles. The van der Waals surface area contributed by atoms with E-state index in [1.54, 1.807) is 0 Å². The summed E-state index contributed by atoms with van der Waals surface area (Å²) in [6.07, 6.45) is 1.71. The van der Waals surface area contributed by atoms with Crippen LogP contribution in [0.1, 0.15) is 20.3 Å². The molecule has 0 aliphatic carbocycles. The number of sulfone groups is 1. The number of hydrogen-bond acceptors (Lipinski definition) is 3. The van der Waals surface area contributed by atoms with Crippen molar-refractivity contribution in [1.82, 2.24) is 0 Å². The standard InChI is InChI=1S/C6H15NO2S/c1-5(2)4-6(7)10(3,8)9/h5-6H,4,7H2,1-3H3. The topological polar surface area (TPSA) is 60.2 Å². The molecule has 10 heavy (non-hydrogen) atoms. The SMILES string of the molecule is CC(C)CC(N)S(C)(=O)=O. The summed E-state index contributed by atoms with van der Waals surface area (Å²) >= 11 is 0. The van der Waals surface area contributed by atoms with E-state index in [4.69, 9.17) is 5.73 Å². The summed E-state index contributed by atoms with van der Waals surface area (Å²) in [6.45, 7) is 3.90. The maximum absolute atomic E-state index is 10.7. The predicted octanol–water partition coefficient (Wildman–Crippen LogP) is 0.362. The highest BCUT2D eigenvalue weighted by Crippen LogP contribution is 2.06. The monoisotopic (exact) mass is 165 g/mol. The van der Waals surface area contributed by atoms with E-state index < -0.39 is 15.2 Å². The second-order valence-electron chi connectivity index (χ2n) is 3.00. The van der Waals surface area contributed by atoms with Crippen molar-refractivity contribution in [3.8, 4) is 0 Å². The van der Waals surface area contributed by atoms with E-state index in [0.717, 1.165) is 0 Å². The summed E-state index contributed by atoms with van der Waals surface area (Å²) in [5, 5.41) is -0.688. The first-order valence-electron chi connectivity index (χ1n) is 3.28. The average Bonchev–Trinajstić information content (AvgIpc) is 1.60. The molecule has 0 aliphatic heterocycles. The number of rotatable bonds is 3. The molecule has 4 heteroatoms. The van der Waals surface area contributed by atoms with E-state index in [1.807, 2.05) is 13.8 Å². The molecule has 0 fully saturated rings. The van der Waals surface area contributed by atoms with Gasteiger partial charge < -0.3 is 5.73 Å². The Morgan fingerprint density at radius 2 is 1.80 bits per heavy atom. The van der Waals surface area contributed by atoms with Gasteiger partial charge in [-0.1, -0.05) is 13.8 Å². The van der Waals surface area contributed by atoms with Crippen molar-refractivity contribution in [3.63, 3.8) is 0 Å². The largest absolute Gasteiger partial charge is 0.315 e. The van der Waals surface area contributed by atoms with Crippen LogP contribution in [0, 0.1) is 5.92 Å². The molecule has 0 rings (SSSR count). The van der Waals surface area contributed by atoms with Crippen molar-refractivity contribution in [2.75, 3.05) is 6.26 Å². The molecular weight excluding hydrogens is 150 g/mol. The third-order valence-corrected chi connectivity index (χ3v) is 2.55. The summed E-state index contributed by atoms with van der Waals surface area (Å²) < 4.78 is 21.5. The molecule has 0 radical (unpaired) electrons. The quantitative estimate of drug-likeness (QED) is 0.657. The Hall–Kier alpha value is -0.0900. The second kappa shape index (κ2) is 3.34. The van der Waals surface area contributed by atoms with Gasteiger partial charge in [-0.2, -0.15) is 0 Å². The van der Waals surface area contributed by atoms with Crippen LogP contribution < -0.4 is 5.73 Å². The van der Waals surface area contributed by atoms with Crippen LogP contribution in [0.3, 0.4) is 0 Å². The van der Waals surface area contributed by atoms with Crippen LogP contribution in [0.2, 0.25) is 0 Å². The predicted molar refractivity (Wildman–Crippen MR) is 42.3 cm³/mol. The molecular formula is C6H15NO2S. The smallest absolute Gasteiger partial charge is 0.163 e. The van der Waals surface area contributed by atoms with E-state index >= 15 is 0 Å². The van der Waals surface area contributed by atoms with Crippen LogP contribution in [-0.2, 0) is 9.84 Å². The maximum Gasteiger partial charge on any atom is 0.163 e. The lowest BCUT2D eigenvalue weighted by Crippen LogP contribution is -2.30. The molecule has 0 amide bonds. The fraction of sp³-hybridized carbons (Fsp3) is 1.00. The van der Waals surface area contributed by atoms with Crippen molar-refractivity contribution in [1.29, 1.82) is 0 Å². The summed E-state index contributed by atoms with van der Waals surface area (Å²) in [7, 11) is -3.02. The molecule has 0 bridgehead atoms. The molecule has 62 valence electrons. The highest BCUT2D eigenvalue weighted by molar-refractivity contribution is 7.91. The molecule has 2 N–H and O–H groups in total. The molecule has 0 aromatic carbocycles. The van der Waals surface area contributed by atoms with Crippen molar-refractivity contribution in [2.24, 2.45) is 11.7 Å². The number of hydrogen-bond donors (Lipinski definition) is 1. The summed E-state index contributed by atoms with van der Waals surface area (Å²) in [6, 6.07) is 0. The Morgan fingerprint density at radius 3 is 1.90 bits per heavy atom. The lowest BCUT2D eigenvalue weighted by Gasteiger charge is -2.10. The van der Waals surface area contributed by atoms with Gasteiger partial charge in [0.1, 0.15) is 5.37 Å². The highest BCUT2D eigenvalue weighted by atomic mass is 32.2. The third kappa shape index (κ3) is 3.85. The zero-order chi connectivity index (χ0) is 8.36. The first kappa shape index (κ1) is 9.91. The van der Waals surface area contributed by atoms with Crippen LogP contribution in [0.25, 0.3) is 0 Å². The fourth-order valence-corrected chi connectivity index (χ4v) is 1.37. The van der Waals surface area contributed by atoms with E-state index in [2.05, 4.69) is 0 Å². The molecule has 1 atom stereocenters. The third-order valence-electron chi connectivity index (χ3n) is 1.25. The van der Waals surface area contributed by atoms with E-state index in [-0.39, 0.29) is 0 Å². The minimum absolute atomic E-state index is 0.338. The van der Waals surface area contributed by atoms with Gasteiger partial charge in [0.05, 0.1) is 0 Å². The molecule has 1 unspecified atom stereocenters. The molecule has 0 saturated heterocycles. The molecule has 0 heterocycles. The van der Waals surface area contributed by atoms with Crippen molar-refractivity contribution in [2.45, 2.75) is 25.6 Å². The zero-order valence-electron chi connectivity index (χ0n) is 6.66. The van der Waals surface area contributed by atoms with Gasteiger partial charge in [-0.15, -0.1) is 0 Å². The summed E-state index contributed by atoms with van der Waals surface area (Å²) in [5.41, 5.74) is 5.36. The van der Waals surface area contributed by atoms with E-state index in [0.29, 0.717) is 12.3 Å². The van der Waals surface area contributed by atoms with Crippen molar-refractivity contribution >= 4 is 9.84 Å². The summed E-state index contributed by atoms with van der Waals surface area (Å²) in [5.74, 6) is 0.338. The Morgan fingerprint density at radius 1 is 1.40 bits per heavy atom. The Balaban J connectivity index is 3.99. The van der Waals surface area contributed by atoms with Gasteiger partial charge in [-0.3, -0.25) is 0 Å². The molecule has 3 nitrogen and oxygen atoms in total. The number of nitrogens with two attached hydrogens (primary N) is 1. The van der Waals surface area contributed by atoms with E-state index in [9.17, 15) is 8.42 Å². The normalized spacial score (nSPS) is 15.7. The molecule has 0 saturated carbocycles. The first-order valence-corrected chi connectivity index (χ1v) is 5.24. The molecule has 0 spiro atoms. The van der Waals surface area contributed by atoms with Gasteiger partial charge in [0, 0.05) is 6.26 Å². The molecule has 0 aliphatic rings. The van der Waals surface area contributed by atoms with E-state index in [1.165, 1.54) is 6.26 Å². The Bertz CT molecular complexity index is 184. The van der Waals surface area contributed by atoms with Gasteiger partial charge in [-0.05, 0) is 12.3 Å². The lowest BCUT2D eigenvalue weighted by atomic mass is 10.1. The highest BCUT2D eigenvalue weighted by Gasteiger charge is 2.15. The average molecular weight is 165 g/mol. The second-order valence-corrected chi connectivity index (χ2v) is 5.26. The Kier molecular flexibility index (Phi) is 3.31. The minimum Gasteiger partial charge on any atom is -0.315 e. The molecule has 0 aromatic rings. The van der Waals surface area contributed by atoms with Gasteiger partial charge in [0.15, 0.2) is 9.84 Å². The van der Waals surface area contributed by atoms with Crippen molar-refractivity contribution < 1.29 is 8.42 Å². The lowest BCUT2D eigenvalue weighted by molar-refractivity contribution is 0.533. The van der Waals surface area contributed by atoms with Gasteiger partial charge in [0.25, 0.3) is 0 Å². The summed E-state index contributed by atoms with van der Waals surface area (Å²) in [4.78, 5) is 0. The minimum atomic E-state index is -3.02. The van der Waals surface area contributed by atoms with Crippen molar-refractivity contribution in [3.05, 3.63) is 0 Å². The van der Waals surface area contributed by atoms with Crippen LogP contribution in [0.4, 0.5) is 0 Å².